The van der Waals surface area contributed by atoms with Crippen molar-refractivity contribution in [1.82, 2.24) is 34.7 Å². The quantitative estimate of drug-likeness (QED) is 0.280. The van der Waals surface area contributed by atoms with Crippen LogP contribution in [0, 0.1) is 11.6 Å². The molecule has 1 N–H and O–H groups in total. The molecule has 0 radical (unpaired) electrons. The fraction of sp³-hybridized carbons (Fsp3) is 0.360. The largest absolute Gasteiger partial charge is 0.382 e. The molecule has 4 aromatic rings. The highest BCUT2D eigenvalue weighted by Gasteiger charge is 2.35. The zero-order valence-corrected chi connectivity index (χ0v) is 21.5. The second kappa shape index (κ2) is 11.8. The lowest BCUT2D eigenvalue weighted by Crippen LogP contribution is -2.45. The van der Waals surface area contributed by atoms with Gasteiger partial charge >= 0.3 is 0 Å². The summed E-state index contributed by atoms with van der Waals surface area (Å²) in [6.07, 6.45) is 6.49. The van der Waals surface area contributed by atoms with Crippen LogP contribution in [0.1, 0.15) is 36.6 Å². The molecule has 4 rings (SSSR count). The number of halogens is 3. The van der Waals surface area contributed by atoms with Gasteiger partial charge in [0.15, 0.2) is 0 Å². The van der Waals surface area contributed by atoms with E-state index in [4.69, 9.17) is 0 Å². The Balaban J connectivity index is 1.55. The molecule has 2 aromatic carbocycles. The van der Waals surface area contributed by atoms with E-state index in [-0.39, 0.29) is 18.7 Å². The molecule has 0 saturated heterocycles. The first-order chi connectivity index (χ1) is 17.3. The third kappa shape index (κ3) is 6.80. The third-order valence-electron chi connectivity index (χ3n) is 5.87. The summed E-state index contributed by atoms with van der Waals surface area (Å²) in [6, 6.07) is 11.2. The summed E-state index contributed by atoms with van der Waals surface area (Å²) >= 11 is 3.44. The van der Waals surface area contributed by atoms with E-state index in [1.54, 1.807) is 4.68 Å². The number of aromatic nitrogens is 6. The third-order valence-corrected chi connectivity index (χ3v) is 6.39. The minimum atomic E-state index is -1.69. The lowest BCUT2D eigenvalue weighted by molar-refractivity contribution is -0.0242. The van der Waals surface area contributed by atoms with E-state index in [1.807, 2.05) is 35.4 Å². The number of hydrogen-bond donors (Lipinski definition) is 1. The van der Waals surface area contributed by atoms with Gasteiger partial charge in [0, 0.05) is 29.2 Å². The maximum Gasteiger partial charge on any atom is 0.137 e. The van der Waals surface area contributed by atoms with E-state index in [0.717, 1.165) is 40.7 Å². The first-order valence-electron chi connectivity index (χ1n) is 11.7. The van der Waals surface area contributed by atoms with Gasteiger partial charge in [-0.1, -0.05) is 52.7 Å². The van der Waals surface area contributed by atoms with Crippen LogP contribution in [0.5, 0.6) is 0 Å². The Morgan fingerprint density at radius 1 is 1.11 bits per heavy atom. The van der Waals surface area contributed by atoms with Crippen molar-refractivity contribution in [2.75, 3.05) is 13.1 Å². The van der Waals surface area contributed by atoms with E-state index in [9.17, 15) is 13.9 Å². The van der Waals surface area contributed by atoms with Gasteiger partial charge in [0.25, 0.3) is 0 Å². The van der Waals surface area contributed by atoms with Crippen molar-refractivity contribution in [2.45, 2.75) is 45.0 Å². The predicted molar refractivity (Wildman–Crippen MR) is 134 cm³/mol. The molecule has 0 saturated carbocycles. The highest BCUT2D eigenvalue weighted by Crippen LogP contribution is 2.28. The number of unbranched alkanes of at least 4 members (excludes halogenated alkanes) is 1. The average molecular weight is 560 g/mol. The molecule has 0 spiro atoms. The Hall–Kier alpha value is -3.02. The van der Waals surface area contributed by atoms with Gasteiger partial charge in [-0.25, -0.2) is 23.1 Å². The van der Waals surface area contributed by atoms with Gasteiger partial charge in [-0.3, -0.25) is 4.90 Å². The zero-order chi connectivity index (χ0) is 25.5. The van der Waals surface area contributed by atoms with E-state index < -0.39 is 17.2 Å². The summed E-state index contributed by atoms with van der Waals surface area (Å²) < 4.78 is 32.7. The Labute approximate surface area is 216 Å². The van der Waals surface area contributed by atoms with Crippen molar-refractivity contribution in [2.24, 2.45) is 0 Å². The first kappa shape index (κ1) is 26.1. The maximum absolute atomic E-state index is 14.8. The van der Waals surface area contributed by atoms with Gasteiger partial charge in [0.2, 0.25) is 0 Å². The van der Waals surface area contributed by atoms with E-state index >= 15 is 0 Å². The van der Waals surface area contributed by atoms with E-state index in [2.05, 4.69) is 43.2 Å². The van der Waals surface area contributed by atoms with Crippen LogP contribution in [-0.4, -0.2) is 52.9 Å². The average Bonchev–Trinajstić information content (AvgIpc) is 3.51. The second-order valence-corrected chi connectivity index (χ2v) is 9.76. The van der Waals surface area contributed by atoms with Crippen molar-refractivity contribution in [1.29, 1.82) is 0 Å². The van der Waals surface area contributed by atoms with Crippen molar-refractivity contribution in [3.05, 3.63) is 94.2 Å². The summed E-state index contributed by atoms with van der Waals surface area (Å²) in [5, 5.41) is 24.4. The predicted octanol–water partition coefficient (Wildman–Crippen LogP) is 4.15. The lowest BCUT2D eigenvalue weighted by Gasteiger charge is -2.34. The molecule has 0 aliphatic rings. The normalized spacial score (nSPS) is 13.3. The molecule has 0 aliphatic carbocycles. The number of benzene rings is 2. The molecule has 1 unspecified atom stereocenters. The van der Waals surface area contributed by atoms with Crippen LogP contribution in [0.3, 0.4) is 0 Å². The Morgan fingerprint density at radius 3 is 2.61 bits per heavy atom. The van der Waals surface area contributed by atoms with Crippen LogP contribution in [-0.2, 0) is 25.2 Å². The van der Waals surface area contributed by atoms with Gasteiger partial charge in [-0.05, 0) is 36.7 Å². The molecule has 0 fully saturated rings. The maximum atomic E-state index is 14.8. The Kier molecular flexibility index (Phi) is 8.55. The highest BCUT2D eigenvalue weighted by atomic mass is 79.9. The minimum Gasteiger partial charge on any atom is -0.382 e. The van der Waals surface area contributed by atoms with Crippen LogP contribution in [0.25, 0.3) is 0 Å². The fourth-order valence-corrected chi connectivity index (χ4v) is 4.39. The summed E-state index contributed by atoms with van der Waals surface area (Å²) in [4.78, 5) is 5.94. The first-order valence-corrected chi connectivity index (χ1v) is 12.5. The van der Waals surface area contributed by atoms with Gasteiger partial charge in [-0.15, -0.1) is 5.10 Å². The van der Waals surface area contributed by atoms with E-state index in [0.29, 0.717) is 19.6 Å². The van der Waals surface area contributed by atoms with Crippen molar-refractivity contribution in [3.8, 4) is 0 Å². The van der Waals surface area contributed by atoms with Crippen molar-refractivity contribution >= 4 is 15.9 Å². The molecule has 1 atom stereocenters. The second-order valence-electron chi connectivity index (χ2n) is 8.85. The molecule has 36 heavy (non-hydrogen) atoms. The minimum absolute atomic E-state index is 0.000193. The smallest absolute Gasteiger partial charge is 0.137 e. The highest BCUT2D eigenvalue weighted by molar-refractivity contribution is 9.10. The molecular formula is C25H28BrF2N7O. The number of rotatable bonds is 12. The molecule has 2 aromatic heterocycles. The zero-order valence-electron chi connectivity index (χ0n) is 19.9. The van der Waals surface area contributed by atoms with Gasteiger partial charge in [-0.2, -0.15) is 5.10 Å². The Bertz CT molecular complexity index is 1250. The van der Waals surface area contributed by atoms with Crippen LogP contribution in [0.15, 0.2) is 65.8 Å². The lowest BCUT2D eigenvalue weighted by atomic mass is 9.92. The molecule has 190 valence electrons. The fourth-order valence-electron chi connectivity index (χ4n) is 4.13. The monoisotopic (exact) mass is 559 g/mol. The topological polar surface area (TPSA) is 84.9 Å². The van der Waals surface area contributed by atoms with E-state index in [1.165, 1.54) is 23.4 Å². The van der Waals surface area contributed by atoms with Crippen LogP contribution in [0.4, 0.5) is 8.78 Å². The van der Waals surface area contributed by atoms with Crippen LogP contribution >= 0.6 is 15.9 Å². The molecule has 2 heterocycles. The van der Waals surface area contributed by atoms with Crippen LogP contribution in [0.2, 0.25) is 0 Å². The van der Waals surface area contributed by atoms with Crippen LogP contribution < -0.4 is 0 Å². The molecular weight excluding hydrogens is 532 g/mol. The molecule has 0 aliphatic heterocycles. The standard InChI is InChI=1S/C25H28BrF2N7O/c1-2-3-10-33(13-22-14-34(32-31-22)12-19-4-6-20(26)7-5-19)15-25(36,16-35-18-29-17-30-35)23-9-8-21(27)11-24(23)28/h4-9,11,14,17-18,36H,2-3,10,12-13,15-16H2,1H3. The number of hydrogen-bond acceptors (Lipinski definition) is 6. The van der Waals surface area contributed by atoms with Gasteiger partial charge in [0.05, 0.1) is 25.0 Å². The molecule has 0 amide bonds. The summed E-state index contributed by atoms with van der Waals surface area (Å²) in [7, 11) is 0. The molecule has 11 heteroatoms. The van der Waals surface area contributed by atoms with Crippen molar-refractivity contribution in [3.63, 3.8) is 0 Å². The van der Waals surface area contributed by atoms with Gasteiger partial charge < -0.3 is 5.11 Å². The molecule has 0 bridgehead atoms. The molecule has 8 nitrogen and oxygen atoms in total. The SMILES string of the molecule is CCCCN(Cc1cn(Cc2ccc(Br)cc2)nn1)CC(O)(Cn1cncn1)c1ccc(F)cc1F. The summed E-state index contributed by atoms with van der Waals surface area (Å²) in [5.74, 6) is -1.52. The van der Waals surface area contributed by atoms with Crippen molar-refractivity contribution < 1.29 is 13.9 Å². The number of aliphatic hydroxyl groups is 1. The van der Waals surface area contributed by atoms with Gasteiger partial charge in [0.1, 0.15) is 29.9 Å². The number of nitrogens with zero attached hydrogens (tertiary/aromatic N) is 7. The summed E-state index contributed by atoms with van der Waals surface area (Å²) in [6.45, 7) is 3.74. The Morgan fingerprint density at radius 2 is 1.92 bits per heavy atom. The summed E-state index contributed by atoms with van der Waals surface area (Å²) in [5.41, 5.74) is 0.129.